The van der Waals surface area contributed by atoms with Gasteiger partial charge < -0.3 is 4.90 Å². The fourth-order valence-electron chi connectivity index (χ4n) is 3.91. The zero-order valence-electron chi connectivity index (χ0n) is 14.5. The van der Waals surface area contributed by atoms with Crippen LogP contribution in [-0.2, 0) is 11.3 Å². The van der Waals surface area contributed by atoms with Gasteiger partial charge in [0.05, 0.1) is 12.2 Å². The number of aromatic nitrogens is 1. The van der Waals surface area contributed by atoms with E-state index in [1.54, 1.807) is 4.90 Å². The number of likely N-dealkylation sites (tertiary alicyclic amines) is 2. The Labute approximate surface area is 139 Å². The minimum Gasteiger partial charge on any atom is -0.348 e. The van der Waals surface area contributed by atoms with Crippen LogP contribution >= 0.6 is 0 Å². The largest absolute Gasteiger partial charge is 0.348 e. The van der Waals surface area contributed by atoms with Gasteiger partial charge in [-0.05, 0) is 44.4 Å². The van der Waals surface area contributed by atoms with Crippen LogP contribution in [0.15, 0.2) is 18.2 Å². The quantitative estimate of drug-likeness (QED) is 0.841. The van der Waals surface area contributed by atoms with E-state index in [-0.39, 0.29) is 5.91 Å². The molecule has 5 heteroatoms. The molecule has 2 atom stereocenters. The maximum absolute atomic E-state index is 12.0. The average Bonchev–Trinajstić information content (AvgIpc) is 2.90. The van der Waals surface area contributed by atoms with Gasteiger partial charge in [0.15, 0.2) is 0 Å². The van der Waals surface area contributed by atoms with Gasteiger partial charge in [-0.3, -0.25) is 19.6 Å². The molecule has 0 saturated carbocycles. The standard InChI is InChI=1S/C18H28N4O/c1-14-6-4-8-16(19-14)11-22-9-5-7-15-10-21(12-17(15)22)13-18(23)20(2)3/h4,6,8,15,17H,5,7,9-13H2,1-3H3/t15-,17+/m0/s1. The molecule has 0 spiro atoms. The first-order valence-corrected chi connectivity index (χ1v) is 8.62. The molecule has 2 fully saturated rings. The summed E-state index contributed by atoms with van der Waals surface area (Å²) in [6, 6.07) is 6.84. The van der Waals surface area contributed by atoms with E-state index >= 15 is 0 Å². The number of carbonyl (C=O) groups excluding carboxylic acids is 1. The Morgan fingerprint density at radius 1 is 1.35 bits per heavy atom. The van der Waals surface area contributed by atoms with E-state index in [9.17, 15) is 4.79 Å². The van der Waals surface area contributed by atoms with Crippen molar-refractivity contribution in [3.05, 3.63) is 29.6 Å². The fourth-order valence-corrected chi connectivity index (χ4v) is 3.91. The lowest BCUT2D eigenvalue weighted by molar-refractivity contribution is -0.129. The van der Waals surface area contributed by atoms with Crippen molar-refractivity contribution < 1.29 is 4.79 Å². The highest BCUT2D eigenvalue weighted by Gasteiger charge is 2.39. The van der Waals surface area contributed by atoms with Crippen molar-refractivity contribution in [2.24, 2.45) is 5.92 Å². The lowest BCUT2D eigenvalue weighted by Gasteiger charge is -2.36. The van der Waals surface area contributed by atoms with Gasteiger partial charge in [0.25, 0.3) is 0 Å². The van der Waals surface area contributed by atoms with E-state index in [1.807, 2.05) is 27.1 Å². The van der Waals surface area contributed by atoms with Crippen LogP contribution in [0.3, 0.4) is 0 Å². The molecule has 1 aromatic heterocycles. The highest BCUT2D eigenvalue weighted by Crippen LogP contribution is 2.31. The predicted octanol–water partition coefficient (Wildman–Crippen LogP) is 1.37. The summed E-state index contributed by atoms with van der Waals surface area (Å²) in [5, 5.41) is 0. The molecule has 5 nitrogen and oxygen atoms in total. The van der Waals surface area contributed by atoms with Crippen molar-refractivity contribution >= 4 is 5.91 Å². The first-order chi connectivity index (χ1) is 11.0. The van der Waals surface area contributed by atoms with E-state index in [4.69, 9.17) is 0 Å². The molecule has 1 amide bonds. The Bertz CT molecular complexity index is 560. The second kappa shape index (κ2) is 6.97. The zero-order valence-corrected chi connectivity index (χ0v) is 14.5. The fraction of sp³-hybridized carbons (Fsp3) is 0.667. The molecule has 2 saturated heterocycles. The van der Waals surface area contributed by atoms with Gasteiger partial charge in [0.2, 0.25) is 5.91 Å². The number of hydrogen-bond donors (Lipinski definition) is 0. The van der Waals surface area contributed by atoms with Gasteiger partial charge >= 0.3 is 0 Å². The average molecular weight is 316 g/mol. The molecular weight excluding hydrogens is 288 g/mol. The summed E-state index contributed by atoms with van der Waals surface area (Å²) >= 11 is 0. The molecule has 126 valence electrons. The van der Waals surface area contributed by atoms with Crippen LogP contribution in [0.2, 0.25) is 0 Å². The summed E-state index contributed by atoms with van der Waals surface area (Å²) in [5.41, 5.74) is 2.24. The van der Waals surface area contributed by atoms with Crippen LogP contribution in [0.25, 0.3) is 0 Å². The zero-order chi connectivity index (χ0) is 16.4. The first-order valence-electron chi connectivity index (χ1n) is 8.62. The highest BCUT2D eigenvalue weighted by atomic mass is 16.2. The van der Waals surface area contributed by atoms with Crippen molar-refractivity contribution in [1.29, 1.82) is 0 Å². The Morgan fingerprint density at radius 2 is 2.17 bits per heavy atom. The Morgan fingerprint density at radius 3 is 2.91 bits per heavy atom. The first kappa shape index (κ1) is 16.4. The molecular formula is C18H28N4O. The summed E-state index contributed by atoms with van der Waals surface area (Å²) in [6.45, 7) is 6.74. The normalized spacial score (nSPS) is 25.3. The number of aryl methyl sites for hydroxylation is 1. The van der Waals surface area contributed by atoms with E-state index in [2.05, 4.69) is 26.9 Å². The third-order valence-electron chi connectivity index (χ3n) is 5.14. The summed E-state index contributed by atoms with van der Waals surface area (Å²) in [7, 11) is 3.67. The molecule has 0 aliphatic carbocycles. The van der Waals surface area contributed by atoms with Crippen molar-refractivity contribution in [1.82, 2.24) is 19.7 Å². The number of amides is 1. The van der Waals surface area contributed by atoms with Crippen LogP contribution in [0.4, 0.5) is 0 Å². The SMILES string of the molecule is Cc1cccc(CN2CCC[C@H]3CN(CC(=O)N(C)C)C[C@H]32)n1. The molecule has 2 aliphatic heterocycles. The summed E-state index contributed by atoms with van der Waals surface area (Å²) in [6.07, 6.45) is 2.54. The topological polar surface area (TPSA) is 39.7 Å². The minimum absolute atomic E-state index is 0.204. The lowest BCUT2D eigenvalue weighted by Crippen LogP contribution is -2.45. The van der Waals surface area contributed by atoms with Crippen LogP contribution < -0.4 is 0 Å². The van der Waals surface area contributed by atoms with E-state index in [1.165, 1.54) is 12.8 Å². The third kappa shape index (κ3) is 3.90. The second-order valence-electron chi connectivity index (χ2n) is 7.19. The molecule has 3 rings (SSSR count). The number of likely N-dealkylation sites (N-methyl/N-ethyl adjacent to an activating group) is 1. The number of nitrogens with zero attached hydrogens (tertiary/aromatic N) is 4. The monoisotopic (exact) mass is 316 g/mol. The maximum atomic E-state index is 12.0. The van der Waals surface area contributed by atoms with Crippen molar-refractivity contribution in [2.75, 3.05) is 40.3 Å². The van der Waals surface area contributed by atoms with Crippen LogP contribution in [0.1, 0.15) is 24.2 Å². The molecule has 0 radical (unpaired) electrons. The number of piperidine rings is 1. The van der Waals surface area contributed by atoms with Gasteiger partial charge in [0, 0.05) is 45.5 Å². The molecule has 1 aromatic rings. The molecule has 0 N–H and O–H groups in total. The molecule has 3 heterocycles. The molecule has 2 aliphatic rings. The molecule has 0 unspecified atom stereocenters. The molecule has 0 bridgehead atoms. The van der Waals surface area contributed by atoms with Crippen molar-refractivity contribution in [2.45, 2.75) is 32.4 Å². The second-order valence-corrected chi connectivity index (χ2v) is 7.19. The number of fused-ring (bicyclic) bond motifs is 1. The number of carbonyl (C=O) groups is 1. The van der Waals surface area contributed by atoms with Crippen molar-refractivity contribution in [3.8, 4) is 0 Å². The van der Waals surface area contributed by atoms with Gasteiger partial charge in [-0.15, -0.1) is 0 Å². The third-order valence-corrected chi connectivity index (χ3v) is 5.14. The Hall–Kier alpha value is -1.46. The molecule has 23 heavy (non-hydrogen) atoms. The van der Waals surface area contributed by atoms with Gasteiger partial charge in [0.1, 0.15) is 0 Å². The lowest BCUT2D eigenvalue weighted by atomic mass is 9.92. The number of rotatable bonds is 4. The van der Waals surface area contributed by atoms with Crippen LogP contribution in [0, 0.1) is 12.8 Å². The van der Waals surface area contributed by atoms with Crippen LogP contribution in [-0.4, -0.2) is 71.9 Å². The highest BCUT2D eigenvalue weighted by molar-refractivity contribution is 5.77. The number of hydrogen-bond acceptors (Lipinski definition) is 4. The van der Waals surface area contributed by atoms with E-state index in [0.29, 0.717) is 18.5 Å². The van der Waals surface area contributed by atoms with Gasteiger partial charge in [-0.2, -0.15) is 0 Å². The number of pyridine rings is 1. The van der Waals surface area contributed by atoms with Gasteiger partial charge in [-0.25, -0.2) is 0 Å². The predicted molar refractivity (Wildman–Crippen MR) is 91.0 cm³/mol. The summed E-state index contributed by atoms with van der Waals surface area (Å²) in [4.78, 5) is 23.2. The molecule has 0 aromatic carbocycles. The van der Waals surface area contributed by atoms with E-state index < -0.39 is 0 Å². The summed E-state index contributed by atoms with van der Waals surface area (Å²) < 4.78 is 0. The van der Waals surface area contributed by atoms with Crippen LogP contribution in [0.5, 0.6) is 0 Å². The Kier molecular flexibility index (Phi) is 4.97. The summed E-state index contributed by atoms with van der Waals surface area (Å²) in [5.74, 6) is 0.902. The smallest absolute Gasteiger partial charge is 0.236 e. The maximum Gasteiger partial charge on any atom is 0.236 e. The van der Waals surface area contributed by atoms with Crippen molar-refractivity contribution in [3.63, 3.8) is 0 Å². The Balaban J connectivity index is 1.63. The van der Waals surface area contributed by atoms with E-state index in [0.717, 1.165) is 37.6 Å². The minimum atomic E-state index is 0.204. The van der Waals surface area contributed by atoms with Gasteiger partial charge in [-0.1, -0.05) is 6.07 Å².